The third-order valence-corrected chi connectivity index (χ3v) is 4.78. The summed E-state index contributed by atoms with van der Waals surface area (Å²) >= 11 is 9.81. The summed E-state index contributed by atoms with van der Waals surface area (Å²) in [7, 11) is 3.23. The molecule has 0 saturated heterocycles. The SMILES string of the molecule is COc1cc(Sc2ccc(C#N)c(Cl)c2)cc(I)c1OC. The van der Waals surface area contributed by atoms with Crippen LogP contribution in [0.1, 0.15) is 5.56 Å². The van der Waals surface area contributed by atoms with Crippen molar-refractivity contribution in [2.24, 2.45) is 0 Å². The van der Waals surface area contributed by atoms with Gasteiger partial charge in [0.1, 0.15) is 6.07 Å². The number of benzene rings is 2. The van der Waals surface area contributed by atoms with Crippen LogP contribution in [0.25, 0.3) is 0 Å². The molecule has 0 atom stereocenters. The van der Waals surface area contributed by atoms with E-state index in [4.69, 9.17) is 26.3 Å². The molecule has 0 aliphatic heterocycles. The highest BCUT2D eigenvalue weighted by atomic mass is 127. The Morgan fingerprint density at radius 2 is 1.90 bits per heavy atom. The zero-order valence-corrected chi connectivity index (χ0v) is 15.0. The van der Waals surface area contributed by atoms with E-state index >= 15 is 0 Å². The molecule has 0 N–H and O–H groups in total. The number of nitrogens with zero attached hydrogens (tertiary/aromatic N) is 1. The van der Waals surface area contributed by atoms with Crippen LogP contribution >= 0.6 is 46.0 Å². The van der Waals surface area contributed by atoms with Crippen LogP contribution in [0.4, 0.5) is 0 Å². The van der Waals surface area contributed by atoms with Crippen molar-refractivity contribution in [3.63, 3.8) is 0 Å². The molecule has 0 spiro atoms. The smallest absolute Gasteiger partial charge is 0.174 e. The first-order valence-electron chi connectivity index (χ1n) is 5.88. The molecule has 0 saturated carbocycles. The molecule has 0 aliphatic carbocycles. The zero-order chi connectivity index (χ0) is 15.4. The van der Waals surface area contributed by atoms with Gasteiger partial charge in [-0.25, -0.2) is 0 Å². The van der Waals surface area contributed by atoms with Crippen molar-refractivity contribution in [1.29, 1.82) is 5.26 Å². The average Bonchev–Trinajstić information content (AvgIpc) is 2.46. The molecule has 108 valence electrons. The lowest BCUT2D eigenvalue weighted by molar-refractivity contribution is 0.352. The molecular weight excluding hydrogens is 421 g/mol. The van der Waals surface area contributed by atoms with Crippen LogP contribution in [0.2, 0.25) is 5.02 Å². The Kier molecular flexibility index (Phi) is 5.62. The Balaban J connectivity index is 2.34. The maximum absolute atomic E-state index is 8.89. The molecule has 3 nitrogen and oxygen atoms in total. The predicted molar refractivity (Wildman–Crippen MR) is 92.6 cm³/mol. The lowest BCUT2D eigenvalue weighted by Gasteiger charge is -2.12. The Bertz CT molecular complexity index is 716. The number of nitriles is 1. The fraction of sp³-hybridized carbons (Fsp3) is 0.133. The maximum atomic E-state index is 8.89. The van der Waals surface area contributed by atoms with Gasteiger partial charge in [-0.3, -0.25) is 0 Å². The highest BCUT2D eigenvalue weighted by Gasteiger charge is 2.11. The maximum Gasteiger partial charge on any atom is 0.174 e. The van der Waals surface area contributed by atoms with E-state index in [1.165, 1.54) is 0 Å². The fourth-order valence-electron chi connectivity index (χ4n) is 1.74. The van der Waals surface area contributed by atoms with Crippen molar-refractivity contribution < 1.29 is 9.47 Å². The Morgan fingerprint density at radius 3 is 2.48 bits per heavy atom. The summed E-state index contributed by atoms with van der Waals surface area (Å²) in [6.07, 6.45) is 0. The number of methoxy groups -OCH3 is 2. The van der Waals surface area contributed by atoms with Gasteiger partial charge >= 0.3 is 0 Å². The standard InChI is InChI=1S/C15H11ClINO2S/c1-19-14-7-11(6-13(17)15(14)20-2)21-10-4-3-9(8-18)12(16)5-10/h3-7H,1-2H3. The second-order valence-electron chi connectivity index (χ2n) is 4.00. The lowest BCUT2D eigenvalue weighted by Crippen LogP contribution is -1.93. The van der Waals surface area contributed by atoms with E-state index in [0.717, 1.165) is 19.1 Å². The highest BCUT2D eigenvalue weighted by molar-refractivity contribution is 14.1. The van der Waals surface area contributed by atoms with Gasteiger partial charge in [-0.2, -0.15) is 5.26 Å². The number of hydrogen-bond acceptors (Lipinski definition) is 4. The van der Waals surface area contributed by atoms with Crippen molar-refractivity contribution in [3.8, 4) is 17.6 Å². The van der Waals surface area contributed by atoms with E-state index in [9.17, 15) is 0 Å². The first kappa shape index (κ1) is 16.3. The Morgan fingerprint density at radius 1 is 1.14 bits per heavy atom. The van der Waals surface area contributed by atoms with Gasteiger partial charge in [0.2, 0.25) is 0 Å². The van der Waals surface area contributed by atoms with Gasteiger partial charge in [0.05, 0.1) is 28.4 Å². The van der Waals surface area contributed by atoms with Crippen LogP contribution in [-0.2, 0) is 0 Å². The largest absolute Gasteiger partial charge is 0.493 e. The molecule has 0 aromatic heterocycles. The van der Waals surface area contributed by atoms with Crippen molar-refractivity contribution >= 4 is 46.0 Å². The summed E-state index contributed by atoms with van der Waals surface area (Å²) in [4.78, 5) is 1.97. The van der Waals surface area contributed by atoms with E-state index in [0.29, 0.717) is 16.3 Å². The first-order valence-corrected chi connectivity index (χ1v) is 8.15. The van der Waals surface area contributed by atoms with E-state index in [-0.39, 0.29) is 0 Å². The summed E-state index contributed by atoms with van der Waals surface area (Å²) < 4.78 is 11.6. The average molecular weight is 432 g/mol. The van der Waals surface area contributed by atoms with Gasteiger partial charge in [0.15, 0.2) is 11.5 Å². The van der Waals surface area contributed by atoms with Crippen LogP contribution < -0.4 is 9.47 Å². The number of hydrogen-bond donors (Lipinski definition) is 0. The minimum absolute atomic E-state index is 0.456. The molecule has 0 bridgehead atoms. The molecule has 0 fully saturated rings. The topological polar surface area (TPSA) is 42.2 Å². The molecular formula is C15H11ClINO2S. The summed E-state index contributed by atoms with van der Waals surface area (Å²) in [5, 5.41) is 9.34. The van der Waals surface area contributed by atoms with Crippen molar-refractivity contribution in [2.45, 2.75) is 9.79 Å². The van der Waals surface area contributed by atoms with Gasteiger partial charge in [-0.05, 0) is 52.9 Å². The van der Waals surface area contributed by atoms with Crippen LogP contribution in [0.3, 0.4) is 0 Å². The zero-order valence-electron chi connectivity index (χ0n) is 11.3. The molecule has 2 aromatic carbocycles. The number of halogens is 2. The van der Waals surface area contributed by atoms with Gasteiger partial charge in [-0.1, -0.05) is 23.4 Å². The minimum Gasteiger partial charge on any atom is -0.493 e. The summed E-state index contributed by atoms with van der Waals surface area (Å²) in [5.74, 6) is 1.41. The summed E-state index contributed by atoms with van der Waals surface area (Å²) in [6, 6.07) is 11.4. The Labute approximate surface area is 146 Å². The van der Waals surface area contributed by atoms with E-state index < -0.39 is 0 Å². The molecule has 2 rings (SSSR count). The normalized spacial score (nSPS) is 10.0. The molecule has 0 heterocycles. The van der Waals surface area contributed by atoms with Crippen LogP contribution in [-0.4, -0.2) is 14.2 Å². The summed E-state index contributed by atoms with van der Waals surface area (Å²) in [5.41, 5.74) is 0.475. The molecule has 2 aromatic rings. The molecule has 21 heavy (non-hydrogen) atoms. The second-order valence-corrected chi connectivity index (χ2v) is 6.71. The van der Waals surface area contributed by atoms with Crippen LogP contribution in [0, 0.1) is 14.9 Å². The molecule has 0 aliphatic rings. The van der Waals surface area contributed by atoms with Gasteiger partial charge in [0, 0.05) is 9.79 Å². The van der Waals surface area contributed by atoms with Gasteiger partial charge < -0.3 is 9.47 Å². The molecule has 6 heteroatoms. The second kappa shape index (κ2) is 7.25. The van der Waals surface area contributed by atoms with Crippen molar-refractivity contribution in [2.75, 3.05) is 14.2 Å². The minimum atomic E-state index is 0.456. The van der Waals surface area contributed by atoms with E-state index in [1.54, 1.807) is 38.1 Å². The third kappa shape index (κ3) is 3.76. The fourth-order valence-corrected chi connectivity index (χ4v) is 3.99. The number of ether oxygens (including phenoxy) is 2. The molecule has 0 unspecified atom stereocenters. The van der Waals surface area contributed by atoms with Crippen molar-refractivity contribution in [3.05, 3.63) is 44.5 Å². The van der Waals surface area contributed by atoms with E-state index in [1.807, 2.05) is 24.3 Å². The third-order valence-electron chi connectivity index (χ3n) is 2.70. The first-order chi connectivity index (χ1) is 10.1. The predicted octanol–water partition coefficient (Wildman–Crippen LogP) is 4.98. The van der Waals surface area contributed by atoms with Crippen LogP contribution in [0.15, 0.2) is 40.1 Å². The van der Waals surface area contributed by atoms with E-state index in [2.05, 4.69) is 22.6 Å². The highest BCUT2D eigenvalue weighted by Crippen LogP contribution is 2.39. The summed E-state index contributed by atoms with van der Waals surface area (Å²) in [6.45, 7) is 0. The molecule has 0 amide bonds. The quantitative estimate of drug-likeness (QED) is 0.640. The van der Waals surface area contributed by atoms with Gasteiger partial charge in [0.25, 0.3) is 0 Å². The number of rotatable bonds is 4. The van der Waals surface area contributed by atoms with Crippen LogP contribution in [0.5, 0.6) is 11.5 Å². The lowest BCUT2D eigenvalue weighted by atomic mass is 10.2. The van der Waals surface area contributed by atoms with Crippen molar-refractivity contribution in [1.82, 2.24) is 0 Å². The van der Waals surface area contributed by atoms with Gasteiger partial charge in [-0.15, -0.1) is 0 Å². The Hall–Kier alpha value is -1.10. The molecule has 0 radical (unpaired) electrons. The monoisotopic (exact) mass is 431 g/mol.